The molecule has 2 aromatic rings. The normalized spacial score (nSPS) is 12.2. The van der Waals surface area contributed by atoms with Crippen molar-refractivity contribution in [1.82, 2.24) is 10.6 Å². The molecular formula is C19H24N2O5. The van der Waals surface area contributed by atoms with Gasteiger partial charge in [-0.25, -0.2) is 4.79 Å². The predicted octanol–water partition coefficient (Wildman–Crippen LogP) is 2.39. The first kappa shape index (κ1) is 19.5. The van der Waals surface area contributed by atoms with Crippen LogP contribution in [-0.2, 0) is 9.59 Å². The Hall–Kier alpha value is -2.83. The van der Waals surface area contributed by atoms with Gasteiger partial charge in [0, 0.05) is 10.9 Å². The minimum Gasteiger partial charge on any atom is -0.480 e. The van der Waals surface area contributed by atoms with Gasteiger partial charge in [0.1, 0.15) is 11.6 Å². The van der Waals surface area contributed by atoms with Crippen LogP contribution in [0.2, 0.25) is 0 Å². The summed E-state index contributed by atoms with van der Waals surface area (Å²) >= 11 is 0. The van der Waals surface area contributed by atoms with Crippen molar-refractivity contribution in [3.63, 3.8) is 0 Å². The second kappa shape index (κ2) is 8.03. The van der Waals surface area contributed by atoms with E-state index in [1.807, 2.05) is 39.0 Å². The van der Waals surface area contributed by atoms with E-state index in [9.17, 15) is 14.4 Å². The Labute approximate surface area is 151 Å². The van der Waals surface area contributed by atoms with Crippen LogP contribution in [0.3, 0.4) is 0 Å². The molecule has 0 aliphatic rings. The molecular weight excluding hydrogens is 336 g/mol. The second-order valence-electron chi connectivity index (χ2n) is 6.78. The first-order chi connectivity index (χ1) is 12.2. The van der Waals surface area contributed by atoms with Gasteiger partial charge in [-0.2, -0.15) is 0 Å². The number of hydrogen-bond acceptors (Lipinski definition) is 4. The molecule has 1 heterocycles. The number of carbonyl (C=O) groups is 3. The van der Waals surface area contributed by atoms with Crippen LogP contribution in [0.15, 0.2) is 22.6 Å². The number of aryl methyl sites for hydroxylation is 2. The average molecular weight is 360 g/mol. The number of carbonyl (C=O) groups excluding carboxylic acids is 2. The van der Waals surface area contributed by atoms with Gasteiger partial charge in [0.25, 0.3) is 5.91 Å². The molecule has 140 valence electrons. The van der Waals surface area contributed by atoms with Crippen LogP contribution in [-0.4, -0.2) is 35.5 Å². The van der Waals surface area contributed by atoms with Crippen molar-refractivity contribution in [2.75, 3.05) is 6.54 Å². The highest BCUT2D eigenvalue weighted by Gasteiger charge is 2.22. The summed E-state index contributed by atoms with van der Waals surface area (Å²) in [7, 11) is 0. The monoisotopic (exact) mass is 360 g/mol. The summed E-state index contributed by atoms with van der Waals surface area (Å²) < 4.78 is 5.66. The first-order valence-corrected chi connectivity index (χ1v) is 8.49. The largest absolute Gasteiger partial charge is 0.480 e. The van der Waals surface area contributed by atoms with Crippen molar-refractivity contribution in [2.24, 2.45) is 5.92 Å². The molecule has 0 aliphatic carbocycles. The zero-order chi connectivity index (χ0) is 19.4. The van der Waals surface area contributed by atoms with Crippen LogP contribution in [0.4, 0.5) is 0 Å². The minimum atomic E-state index is -1.10. The number of aliphatic carboxylic acids is 1. The SMILES string of the molecule is Cc1c(C(=O)NCC(=O)N[C@@H](CC(C)C)C(=O)O)oc2c(C)cccc12. The summed E-state index contributed by atoms with van der Waals surface area (Å²) in [6, 6.07) is 4.67. The fourth-order valence-electron chi connectivity index (χ4n) is 2.78. The number of carboxylic acid groups (broad SMARTS) is 1. The van der Waals surface area contributed by atoms with Crippen LogP contribution < -0.4 is 10.6 Å². The molecule has 0 saturated carbocycles. The van der Waals surface area contributed by atoms with E-state index in [1.54, 1.807) is 6.92 Å². The van der Waals surface area contributed by atoms with E-state index in [0.29, 0.717) is 17.6 Å². The molecule has 1 atom stereocenters. The number of amides is 2. The van der Waals surface area contributed by atoms with Crippen LogP contribution in [0, 0.1) is 19.8 Å². The lowest BCUT2D eigenvalue weighted by Gasteiger charge is -2.16. The van der Waals surface area contributed by atoms with Gasteiger partial charge in [-0.05, 0) is 31.7 Å². The van der Waals surface area contributed by atoms with E-state index in [4.69, 9.17) is 9.52 Å². The lowest BCUT2D eigenvalue weighted by molar-refractivity contribution is -0.142. The van der Waals surface area contributed by atoms with E-state index in [2.05, 4.69) is 10.6 Å². The van der Waals surface area contributed by atoms with Crippen LogP contribution >= 0.6 is 0 Å². The maximum atomic E-state index is 12.3. The van der Waals surface area contributed by atoms with Gasteiger partial charge < -0.3 is 20.2 Å². The Morgan fingerprint density at radius 1 is 1.19 bits per heavy atom. The van der Waals surface area contributed by atoms with E-state index in [-0.39, 0.29) is 18.2 Å². The van der Waals surface area contributed by atoms with Gasteiger partial charge in [-0.3, -0.25) is 9.59 Å². The smallest absolute Gasteiger partial charge is 0.326 e. The summed E-state index contributed by atoms with van der Waals surface area (Å²) in [6.45, 7) is 7.09. The highest BCUT2D eigenvalue weighted by molar-refractivity contribution is 6.00. The molecule has 1 aromatic carbocycles. The van der Waals surface area contributed by atoms with Crippen molar-refractivity contribution in [3.8, 4) is 0 Å². The number of nitrogens with one attached hydrogen (secondary N) is 2. The minimum absolute atomic E-state index is 0.118. The summed E-state index contributed by atoms with van der Waals surface area (Å²) in [5, 5.41) is 14.9. The van der Waals surface area contributed by atoms with Crippen molar-refractivity contribution >= 4 is 28.8 Å². The van der Waals surface area contributed by atoms with Crippen LogP contribution in [0.5, 0.6) is 0 Å². The van der Waals surface area contributed by atoms with Crippen molar-refractivity contribution in [3.05, 3.63) is 35.1 Å². The van der Waals surface area contributed by atoms with Gasteiger partial charge in [-0.15, -0.1) is 0 Å². The molecule has 0 spiro atoms. The summed E-state index contributed by atoms with van der Waals surface area (Å²) in [6.07, 6.45) is 0.316. The molecule has 3 N–H and O–H groups in total. The second-order valence-corrected chi connectivity index (χ2v) is 6.78. The van der Waals surface area contributed by atoms with Crippen LogP contribution in [0.25, 0.3) is 11.0 Å². The van der Waals surface area contributed by atoms with Gasteiger partial charge in [0.2, 0.25) is 5.91 Å². The Bertz CT molecular complexity index is 838. The quantitative estimate of drug-likeness (QED) is 0.702. The third kappa shape index (κ3) is 4.41. The molecule has 0 aliphatic heterocycles. The van der Waals surface area contributed by atoms with Gasteiger partial charge >= 0.3 is 5.97 Å². The third-order valence-electron chi connectivity index (χ3n) is 4.12. The van der Waals surface area contributed by atoms with Gasteiger partial charge in [-0.1, -0.05) is 32.0 Å². The van der Waals surface area contributed by atoms with E-state index in [0.717, 1.165) is 10.9 Å². The molecule has 0 bridgehead atoms. The van der Waals surface area contributed by atoms with Gasteiger partial charge in [0.15, 0.2) is 5.76 Å². The highest BCUT2D eigenvalue weighted by atomic mass is 16.4. The maximum absolute atomic E-state index is 12.3. The molecule has 2 amide bonds. The number of furan rings is 1. The molecule has 26 heavy (non-hydrogen) atoms. The zero-order valence-electron chi connectivity index (χ0n) is 15.4. The van der Waals surface area contributed by atoms with E-state index in [1.165, 1.54) is 0 Å². The van der Waals surface area contributed by atoms with Crippen molar-refractivity contribution < 1.29 is 23.9 Å². The fraction of sp³-hybridized carbons (Fsp3) is 0.421. The number of carboxylic acids is 1. The molecule has 2 rings (SSSR count). The maximum Gasteiger partial charge on any atom is 0.326 e. The first-order valence-electron chi connectivity index (χ1n) is 8.49. The number of fused-ring (bicyclic) bond motifs is 1. The van der Waals surface area contributed by atoms with Gasteiger partial charge in [0.05, 0.1) is 6.54 Å². The summed E-state index contributed by atoms with van der Waals surface area (Å²) in [4.78, 5) is 35.5. The van der Waals surface area contributed by atoms with Crippen molar-refractivity contribution in [2.45, 2.75) is 40.2 Å². The molecule has 1 aromatic heterocycles. The highest BCUT2D eigenvalue weighted by Crippen LogP contribution is 2.27. The Morgan fingerprint density at radius 3 is 2.46 bits per heavy atom. The standard InChI is InChI=1S/C19H24N2O5/c1-10(2)8-14(19(24)25)21-15(22)9-20-18(23)17-12(4)13-7-5-6-11(3)16(13)26-17/h5-7,10,14H,8-9H2,1-4H3,(H,20,23)(H,21,22)(H,24,25)/t14-/m0/s1. The Kier molecular flexibility index (Phi) is 6.02. The number of benzene rings is 1. The van der Waals surface area contributed by atoms with Crippen LogP contribution in [0.1, 0.15) is 41.9 Å². The predicted molar refractivity (Wildman–Crippen MR) is 97.0 cm³/mol. The molecule has 7 heteroatoms. The number of rotatable bonds is 7. The van der Waals surface area contributed by atoms with E-state index < -0.39 is 23.8 Å². The van der Waals surface area contributed by atoms with E-state index >= 15 is 0 Å². The lowest BCUT2D eigenvalue weighted by Crippen LogP contribution is -2.46. The summed E-state index contributed by atoms with van der Waals surface area (Å²) in [5.74, 6) is -1.89. The zero-order valence-corrected chi connectivity index (χ0v) is 15.4. The fourth-order valence-corrected chi connectivity index (χ4v) is 2.78. The Balaban J connectivity index is 2.02. The topological polar surface area (TPSA) is 109 Å². The van der Waals surface area contributed by atoms with Crippen molar-refractivity contribution in [1.29, 1.82) is 0 Å². The molecule has 0 radical (unpaired) electrons. The Morgan fingerprint density at radius 2 is 1.88 bits per heavy atom. The molecule has 0 saturated heterocycles. The summed E-state index contributed by atoms with van der Waals surface area (Å²) in [5.41, 5.74) is 2.26. The number of para-hydroxylation sites is 1. The molecule has 0 unspecified atom stereocenters. The number of hydrogen-bond donors (Lipinski definition) is 3. The molecule has 7 nitrogen and oxygen atoms in total. The molecule has 0 fully saturated rings. The average Bonchev–Trinajstić information content (AvgIpc) is 2.90. The third-order valence-corrected chi connectivity index (χ3v) is 4.12. The lowest BCUT2D eigenvalue weighted by atomic mass is 10.0.